The lowest BCUT2D eigenvalue weighted by atomic mass is 10.3. The molecule has 2 heterocycles. The third-order valence-corrected chi connectivity index (χ3v) is 5.67. The number of sulfone groups is 1. The second kappa shape index (κ2) is 7.69. The minimum absolute atomic E-state index is 0.0373. The Morgan fingerprint density at radius 3 is 2.62 bits per heavy atom. The number of amides is 1. The number of para-hydroxylation sites is 1. The van der Waals surface area contributed by atoms with E-state index in [0.717, 1.165) is 21.8 Å². The predicted octanol–water partition coefficient (Wildman–Crippen LogP) is 2.22. The highest BCUT2D eigenvalue weighted by Crippen LogP contribution is 2.26. The van der Waals surface area contributed by atoms with E-state index in [1.165, 1.54) is 43.4 Å². The van der Waals surface area contributed by atoms with E-state index in [1.54, 1.807) is 6.07 Å². The number of pyridine rings is 1. The van der Waals surface area contributed by atoms with Gasteiger partial charge in [0.2, 0.25) is 9.84 Å². The molecule has 3 rings (SSSR count). The van der Waals surface area contributed by atoms with Crippen molar-refractivity contribution in [3.63, 3.8) is 0 Å². The van der Waals surface area contributed by atoms with Crippen molar-refractivity contribution < 1.29 is 22.7 Å². The molecular formula is C18H14FN5O4S. The topological polar surface area (TPSA) is 129 Å². The van der Waals surface area contributed by atoms with Gasteiger partial charge in [-0.2, -0.15) is 10.4 Å². The molecule has 1 aromatic carbocycles. The van der Waals surface area contributed by atoms with E-state index in [-0.39, 0.29) is 33.5 Å². The van der Waals surface area contributed by atoms with E-state index in [1.807, 2.05) is 0 Å². The van der Waals surface area contributed by atoms with Crippen LogP contribution in [0.2, 0.25) is 0 Å². The summed E-state index contributed by atoms with van der Waals surface area (Å²) in [5.74, 6) is -0.705. The minimum Gasteiger partial charge on any atom is -0.465 e. The van der Waals surface area contributed by atoms with Crippen LogP contribution in [0.5, 0.6) is 0 Å². The van der Waals surface area contributed by atoms with Crippen molar-refractivity contribution in [2.45, 2.75) is 16.5 Å². The van der Waals surface area contributed by atoms with Crippen LogP contribution in [0.4, 0.5) is 9.18 Å². The molecule has 29 heavy (non-hydrogen) atoms. The van der Waals surface area contributed by atoms with E-state index in [0.29, 0.717) is 0 Å². The van der Waals surface area contributed by atoms with Crippen molar-refractivity contribution in [3.8, 4) is 11.8 Å². The minimum atomic E-state index is -4.20. The van der Waals surface area contributed by atoms with Gasteiger partial charge in [0.1, 0.15) is 23.3 Å². The van der Waals surface area contributed by atoms with Crippen LogP contribution >= 0.6 is 0 Å². The van der Waals surface area contributed by atoms with Crippen LogP contribution in [-0.4, -0.2) is 46.3 Å². The van der Waals surface area contributed by atoms with Crippen molar-refractivity contribution in [2.24, 2.45) is 0 Å². The van der Waals surface area contributed by atoms with E-state index in [4.69, 9.17) is 10.4 Å². The van der Waals surface area contributed by atoms with Crippen LogP contribution in [0.15, 0.2) is 58.6 Å². The van der Waals surface area contributed by atoms with E-state index in [2.05, 4.69) is 10.1 Å². The molecular weight excluding hydrogens is 401 g/mol. The molecule has 0 aliphatic rings. The molecule has 0 aliphatic carbocycles. The maximum atomic E-state index is 14.3. The Morgan fingerprint density at radius 2 is 2.03 bits per heavy atom. The first-order valence-corrected chi connectivity index (χ1v) is 9.61. The molecule has 2 aromatic heterocycles. The Kier molecular flexibility index (Phi) is 5.29. The number of hydrogen-bond donors (Lipinski definition) is 1. The summed E-state index contributed by atoms with van der Waals surface area (Å²) >= 11 is 0. The largest absolute Gasteiger partial charge is 0.465 e. The number of carboxylic acid groups (broad SMARTS) is 1. The van der Waals surface area contributed by atoms with Crippen molar-refractivity contribution in [1.29, 1.82) is 5.26 Å². The van der Waals surface area contributed by atoms with E-state index in [9.17, 15) is 17.6 Å². The average Bonchev–Trinajstić information content (AvgIpc) is 3.12. The van der Waals surface area contributed by atoms with Gasteiger partial charge in [-0.25, -0.2) is 27.3 Å². The highest BCUT2D eigenvalue weighted by Gasteiger charge is 2.27. The van der Waals surface area contributed by atoms with Gasteiger partial charge in [-0.05, 0) is 24.3 Å². The maximum Gasteiger partial charge on any atom is 0.407 e. The Morgan fingerprint density at radius 1 is 1.31 bits per heavy atom. The van der Waals surface area contributed by atoms with Gasteiger partial charge in [-0.3, -0.25) is 0 Å². The number of benzene rings is 1. The lowest BCUT2D eigenvalue weighted by molar-refractivity contribution is 0.153. The second-order valence-electron chi connectivity index (χ2n) is 5.97. The van der Waals surface area contributed by atoms with Crippen molar-refractivity contribution in [3.05, 3.63) is 65.9 Å². The lowest BCUT2D eigenvalue weighted by Crippen LogP contribution is -2.24. The van der Waals surface area contributed by atoms with Crippen LogP contribution in [0.1, 0.15) is 11.4 Å². The number of halogens is 1. The Labute approximate surface area is 165 Å². The molecule has 0 radical (unpaired) electrons. The van der Waals surface area contributed by atoms with Gasteiger partial charge in [-0.1, -0.05) is 12.1 Å². The van der Waals surface area contributed by atoms with Crippen LogP contribution < -0.4 is 0 Å². The summed E-state index contributed by atoms with van der Waals surface area (Å²) < 4.78 is 41.5. The van der Waals surface area contributed by atoms with Crippen LogP contribution in [-0.2, 0) is 16.4 Å². The summed E-state index contributed by atoms with van der Waals surface area (Å²) in [7, 11) is -2.90. The van der Waals surface area contributed by atoms with Crippen molar-refractivity contribution >= 4 is 15.9 Å². The summed E-state index contributed by atoms with van der Waals surface area (Å²) in [4.78, 5) is 15.5. The highest BCUT2D eigenvalue weighted by atomic mass is 32.2. The molecule has 0 saturated heterocycles. The quantitative estimate of drug-likeness (QED) is 0.676. The monoisotopic (exact) mass is 415 g/mol. The number of nitrogens with zero attached hydrogens (tertiary/aromatic N) is 5. The summed E-state index contributed by atoms with van der Waals surface area (Å²) in [6, 6.07) is 10.9. The first-order chi connectivity index (χ1) is 13.7. The van der Waals surface area contributed by atoms with Gasteiger partial charge >= 0.3 is 6.09 Å². The van der Waals surface area contributed by atoms with Gasteiger partial charge in [0, 0.05) is 19.3 Å². The zero-order chi connectivity index (χ0) is 21.2. The highest BCUT2D eigenvalue weighted by molar-refractivity contribution is 7.91. The maximum absolute atomic E-state index is 14.3. The van der Waals surface area contributed by atoms with Gasteiger partial charge in [0.15, 0.2) is 5.03 Å². The number of rotatable bonds is 5. The zero-order valence-electron chi connectivity index (χ0n) is 15.0. The first-order valence-electron chi connectivity index (χ1n) is 8.13. The Bertz CT molecular complexity index is 1220. The number of carbonyl (C=O) groups is 1. The summed E-state index contributed by atoms with van der Waals surface area (Å²) in [6.45, 7) is -0.203. The van der Waals surface area contributed by atoms with Gasteiger partial charge in [0.25, 0.3) is 0 Å². The van der Waals surface area contributed by atoms with Crippen LogP contribution in [0.3, 0.4) is 0 Å². The third-order valence-electron chi connectivity index (χ3n) is 3.97. The normalized spacial score (nSPS) is 11.1. The zero-order valence-corrected chi connectivity index (χ0v) is 15.8. The standard InChI is InChI=1S/C18H14FN5O4S/c1-23(18(25)26)11-13-8-17(24(22-13)16-5-3-2-4-15(16)19)29(27,28)14-7-6-12(9-20)21-10-14/h2-8,10H,11H2,1H3,(H,25,26). The molecule has 1 amide bonds. The lowest BCUT2D eigenvalue weighted by Gasteiger charge is -2.10. The molecule has 148 valence electrons. The molecule has 0 bridgehead atoms. The molecule has 0 aliphatic heterocycles. The van der Waals surface area contributed by atoms with Crippen molar-refractivity contribution in [2.75, 3.05) is 7.05 Å². The summed E-state index contributed by atoms with van der Waals surface area (Å²) in [5.41, 5.74) is 0.0329. The Hall–Kier alpha value is -3.78. The third kappa shape index (κ3) is 3.92. The molecule has 0 unspecified atom stereocenters. The number of hydrogen-bond acceptors (Lipinski definition) is 6. The van der Waals surface area contributed by atoms with Crippen molar-refractivity contribution in [1.82, 2.24) is 19.7 Å². The summed E-state index contributed by atoms with van der Waals surface area (Å²) in [5, 5.41) is 21.6. The van der Waals surface area contributed by atoms with Crippen LogP contribution in [0, 0.1) is 17.1 Å². The molecule has 0 spiro atoms. The first kappa shape index (κ1) is 20.0. The fourth-order valence-corrected chi connectivity index (χ4v) is 3.85. The smallest absolute Gasteiger partial charge is 0.407 e. The molecule has 0 fully saturated rings. The molecule has 9 nitrogen and oxygen atoms in total. The second-order valence-corrected chi connectivity index (χ2v) is 7.87. The fourth-order valence-electron chi connectivity index (χ4n) is 2.51. The SMILES string of the molecule is CN(Cc1cc(S(=O)(=O)c2ccc(C#N)nc2)n(-c2ccccc2F)n1)C(=O)O. The molecule has 11 heteroatoms. The van der Waals surface area contributed by atoms with Gasteiger partial charge in [-0.15, -0.1) is 0 Å². The fraction of sp³-hybridized carbons (Fsp3) is 0.111. The Balaban J connectivity index is 2.17. The van der Waals surface area contributed by atoms with E-state index < -0.39 is 21.7 Å². The van der Waals surface area contributed by atoms with E-state index >= 15 is 0 Å². The average molecular weight is 415 g/mol. The predicted molar refractivity (Wildman–Crippen MR) is 97.4 cm³/mol. The summed E-state index contributed by atoms with van der Waals surface area (Å²) in [6.07, 6.45) is -0.207. The molecule has 1 N–H and O–H groups in total. The van der Waals surface area contributed by atoms with Gasteiger partial charge in [0.05, 0.1) is 17.1 Å². The molecule has 0 atom stereocenters. The number of aromatic nitrogens is 3. The van der Waals surface area contributed by atoms with Crippen LogP contribution in [0.25, 0.3) is 5.69 Å². The van der Waals surface area contributed by atoms with Gasteiger partial charge < -0.3 is 10.0 Å². The molecule has 0 saturated carbocycles. The molecule has 3 aromatic rings. The number of nitriles is 1.